The number of benzene rings is 2. The van der Waals surface area contributed by atoms with Crippen molar-refractivity contribution in [1.29, 1.82) is 0 Å². The van der Waals surface area contributed by atoms with Crippen LogP contribution < -0.4 is 0 Å². The number of thiol groups is 1. The number of hydrogen-bond donors (Lipinski definition) is 1. The summed E-state index contributed by atoms with van der Waals surface area (Å²) in [4.78, 5) is 28.2. The van der Waals surface area contributed by atoms with E-state index in [0.29, 0.717) is 0 Å². The van der Waals surface area contributed by atoms with E-state index < -0.39 is 29.0 Å². The monoisotopic (exact) mass is 441 g/mol. The zero-order valence-electron chi connectivity index (χ0n) is 18.7. The van der Waals surface area contributed by atoms with E-state index in [0.717, 1.165) is 11.1 Å². The van der Waals surface area contributed by atoms with E-state index >= 15 is 0 Å². The summed E-state index contributed by atoms with van der Waals surface area (Å²) in [5, 5.41) is -0.483. The number of hydrogen-bond acceptors (Lipinski definition) is 5. The van der Waals surface area contributed by atoms with Gasteiger partial charge in [-0.15, -0.1) is 0 Å². The molecule has 1 aliphatic heterocycles. The molecule has 1 saturated heterocycles. The summed E-state index contributed by atoms with van der Waals surface area (Å²) < 4.78 is 11.5. The highest BCUT2D eigenvalue weighted by Gasteiger charge is 2.54. The van der Waals surface area contributed by atoms with Gasteiger partial charge in [0.1, 0.15) is 5.60 Å². The maximum absolute atomic E-state index is 14.0. The zero-order chi connectivity index (χ0) is 22.8. The lowest BCUT2D eigenvalue weighted by molar-refractivity contribution is -0.139. The van der Waals surface area contributed by atoms with E-state index in [-0.39, 0.29) is 17.9 Å². The van der Waals surface area contributed by atoms with Gasteiger partial charge in [0.25, 0.3) is 0 Å². The Morgan fingerprint density at radius 1 is 1.03 bits per heavy atom. The van der Waals surface area contributed by atoms with Gasteiger partial charge in [-0.1, -0.05) is 74.5 Å². The first-order valence-electron chi connectivity index (χ1n) is 10.6. The molecule has 3 rings (SSSR count). The Labute approximate surface area is 190 Å². The van der Waals surface area contributed by atoms with Gasteiger partial charge in [0.15, 0.2) is 0 Å². The average molecular weight is 442 g/mol. The Morgan fingerprint density at radius 2 is 1.55 bits per heavy atom. The maximum atomic E-state index is 14.0. The number of nitrogens with zero attached hydrogens (tertiary/aromatic N) is 1. The summed E-state index contributed by atoms with van der Waals surface area (Å²) in [6.45, 7) is 7.67. The highest BCUT2D eigenvalue weighted by molar-refractivity contribution is 7.80. The standard InChI is InChI=1S/C25H31NO4S/c1-16(2)22-25(3,4)30-24(28)26(22)23(27)19(21(31)18-14-10-7-11-15-18)20(29-5)17-12-8-6-9-13-17/h6-16,19-22,31H,1-5H3/t19-,20+,21-,22?/m1/s1. The topological polar surface area (TPSA) is 55.8 Å². The largest absolute Gasteiger partial charge is 0.441 e. The first-order valence-corrected chi connectivity index (χ1v) is 11.1. The second kappa shape index (κ2) is 9.45. The molecule has 4 atom stereocenters. The van der Waals surface area contributed by atoms with Crippen molar-refractivity contribution in [3.05, 3.63) is 71.8 Å². The van der Waals surface area contributed by atoms with Crippen LogP contribution >= 0.6 is 12.6 Å². The van der Waals surface area contributed by atoms with E-state index in [9.17, 15) is 9.59 Å². The molecule has 1 fully saturated rings. The minimum Gasteiger partial charge on any atom is -0.441 e. The molecule has 2 aromatic carbocycles. The number of carbonyl (C=O) groups is 2. The molecule has 5 nitrogen and oxygen atoms in total. The van der Waals surface area contributed by atoms with Crippen LogP contribution in [0.4, 0.5) is 4.79 Å². The number of rotatable bonds is 7. The summed E-state index contributed by atoms with van der Waals surface area (Å²) in [5.74, 6) is -1.05. The van der Waals surface area contributed by atoms with Gasteiger partial charge in [-0.25, -0.2) is 9.69 Å². The zero-order valence-corrected chi connectivity index (χ0v) is 19.6. The van der Waals surface area contributed by atoms with Crippen LogP contribution in [0.15, 0.2) is 60.7 Å². The molecule has 31 heavy (non-hydrogen) atoms. The highest BCUT2D eigenvalue weighted by atomic mass is 32.1. The molecule has 0 aliphatic carbocycles. The van der Waals surface area contributed by atoms with Gasteiger partial charge in [0, 0.05) is 12.4 Å². The first-order chi connectivity index (χ1) is 14.7. The number of imide groups is 1. The van der Waals surface area contributed by atoms with Crippen molar-refractivity contribution in [2.24, 2.45) is 11.8 Å². The predicted molar refractivity (Wildman–Crippen MR) is 124 cm³/mol. The van der Waals surface area contributed by atoms with E-state index in [1.807, 2.05) is 88.4 Å². The van der Waals surface area contributed by atoms with Crippen molar-refractivity contribution in [3.8, 4) is 0 Å². The lowest BCUT2D eigenvalue weighted by atomic mass is 9.85. The molecular formula is C25H31NO4S. The van der Waals surface area contributed by atoms with Crippen molar-refractivity contribution >= 4 is 24.6 Å². The van der Waals surface area contributed by atoms with Crippen LogP contribution in [0.2, 0.25) is 0 Å². The highest BCUT2D eigenvalue weighted by Crippen LogP contribution is 2.43. The second-order valence-corrected chi connectivity index (χ2v) is 9.37. The summed E-state index contributed by atoms with van der Waals surface area (Å²) in [7, 11) is 1.58. The van der Waals surface area contributed by atoms with E-state index in [1.54, 1.807) is 7.11 Å². The average Bonchev–Trinajstić information content (AvgIpc) is 3.00. The van der Waals surface area contributed by atoms with Crippen LogP contribution in [0.25, 0.3) is 0 Å². The second-order valence-electron chi connectivity index (χ2n) is 8.82. The molecule has 1 aliphatic rings. The van der Waals surface area contributed by atoms with Crippen molar-refractivity contribution in [3.63, 3.8) is 0 Å². The summed E-state index contributed by atoms with van der Waals surface area (Å²) in [6, 6.07) is 18.8. The predicted octanol–water partition coefficient (Wildman–Crippen LogP) is 5.44. The van der Waals surface area contributed by atoms with Crippen LogP contribution in [0.3, 0.4) is 0 Å². The van der Waals surface area contributed by atoms with Crippen molar-refractivity contribution < 1.29 is 19.1 Å². The molecule has 1 unspecified atom stereocenters. The van der Waals surface area contributed by atoms with Crippen LogP contribution in [-0.4, -0.2) is 35.7 Å². The molecule has 2 aromatic rings. The van der Waals surface area contributed by atoms with Gasteiger partial charge in [-0.2, -0.15) is 12.6 Å². The SMILES string of the molecule is CO[C@@H](c1ccccc1)[C@@H](C(=O)N1C(=O)OC(C)(C)C1C(C)C)[C@H](S)c1ccccc1. The molecule has 166 valence electrons. The lowest BCUT2D eigenvalue weighted by Crippen LogP contribution is -2.51. The Balaban J connectivity index is 2.09. The van der Waals surface area contributed by atoms with Gasteiger partial charge >= 0.3 is 6.09 Å². The third-order valence-electron chi connectivity index (χ3n) is 5.88. The molecule has 6 heteroatoms. The van der Waals surface area contributed by atoms with Gasteiger partial charge in [0.2, 0.25) is 5.91 Å². The minimum absolute atomic E-state index is 0.0267. The third kappa shape index (κ3) is 4.65. The summed E-state index contributed by atoms with van der Waals surface area (Å²) >= 11 is 4.86. The Kier molecular flexibility index (Phi) is 7.12. The number of methoxy groups -OCH3 is 1. The smallest absolute Gasteiger partial charge is 0.417 e. The fraction of sp³-hybridized carbons (Fsp3) is 0.440. The van der Waals surface area contributed by atoms with E-state index in [2.05, 4.69) is 0 Å². The Bertz CT molecular complexity index is 900. The number of amides is 2. The fourth-order valence-electron chi connectivity index (χ4n) is 4.67. The van der Waals surface area contributed by atoms with Crippen LogP contribution in [0.5, 0.6) is 0 Å². The summed E-state index contributed by atoms with van der Waals surface area (Å²) in [5.41, 5.74) is 0.959. The normalized spacial score (nSPS) is 20.9. The van der Waals surface area contributed by atoms with E-state index in [4.69, 9.17) is 22.1 Å². The van der Waals surface area contributed by atoms with Gasteiger partial charge in [-0.3, -0.25) is 4.79 Å². The Morgan fingerprint density at radius 3 is 2.03 bits per heavy atom. The molecule has 0 bridgehead atoms. The minimum atomic E-state index is -0.778. The molecule has 0 saturated carbocycles. The van der Waals surface area contributed by atoms with Gasteiger partial charge in [-0.05, 0) is 30.9 Å². The molecule has 0 spiro atoms. The Hall–Kier alpha value is -2.31. The molecule has 0 radical (unpaired) electrons. The third-order valence-corrected chi connectivity index (χ3v) is 6.50. The van der Waals surface area contributed by atoms with Crippen molar-refractivity contribution in [1.82, 2.24) is 4.90 Å². The number of ether oxygens (including phenoxy) is 2. The first kappa shape index (κ1) is 23.4. The lowest BCUT2D eigenvalue weighted by Gasteiger charge is -2.36. The van der Waals surface area contributed by atoms with E-state index in [1.165, 1.54) is 4.90 Å². The quantitative estimate of drug-likeness (QED) is 0.581. The maximum Gasteiger partial charge on any atom is 0.417 e. The van der Waals surface area contributed by atoms with Crippen molar-refractivity contribution in [2.75, 3.05) is 7.11 Å². The molecule has 0 N–H and O–H groups in total. The van der Waals surface area contributed by atoms with Gasteiger partial charge < -0.3 is 9.47 Å². The van der Waals surface area contributed by atoms with Crippen LogP contribution in [-0.2, 0) is 14.3 Å². The number of carbonyl (C=O) groups excluding carboxylic acids is 2. The molecule has 0 aromatic heterocycles. The molecule has 2 amide bonds. The van der Waals surface area contributed by atoms with Crippen LogP contribution in [0, 0.1) is 11.8 Å². The molecular weight excluding hydrogens is 410 g/mol. The van der Waals surface area contributed by atoms with Gasteiger partial charge in [0.05, 0.1) is 18.1 Å². The fourth-order valence-corrected chi connectivity index (χ4v) is 5.12. The summed E-state index contributed by atoms with van der Waals surface area (Å²) in [6.07, 6.45) is -1.20. The van der Waals surface area contributed by atoms with Crippen LogP contribution in [0.1, 0.15) is 50.2 Å². The van der Waals surface area contributed by atoms with Crippen molar-refractivity contribution in [2.45, 2.75) is 50.7 Å². The number of cyclic esters (lactones) is 1. The molecule has 1 heterocycles.